The minimum absolute atomic E-state index is 0.266. The fourth-order valence-electron chi connectivity index (χ4n) is 2.10. The molecular weight excluding hydrogens is 358 g/mol. The van der Waals surface area contributed by atoms with E-state index in [4.69, 9.17) is 16.0 Å². The van der Waals surface area contributed by atoms with Gasteiger partial charge in [0.15, 0.2) is 0 Å². The van der Waals surface area contributed by atoms with Gasteiger partial charge in [-0.15, -0.1) is 0 Å². The summed E-state index contributed by atoms with van der Waals surface area (Å²) in [5.41, 5.74) is 7.53. The summed E-state index contributed by atoms with van der Waals surface area (Å²) in [5, 5.41) is 19.5. The van der Waals surface area contributed by atoms with E-state index in [1.54, 1.807) is 38.1 Å². The maximum atomic E-state index is 12.2. The number of benzene rings is 1. The van der Waals surface area contributed by atoms with Crippen molar-refractivity contribution in [1.29, 1.82) is 0 Å². The first-order valence-electron chi connectivity index (χ1n) is 9.34. The first-order chi connectivity index (χ1) is 13.1. The number of aliphatic hydroxyl groups is 1. The maximum absolute atomic E-state index is 12.2. The molecule has 2 rings (SSSR count). The van der Waals surface area contributed by atoms with Crippen LogP contribution in [0.3, 0.4) is 0 Å². The average molecular weight is 389 g/mol. The van der Waals surface area contributed by atoms with E-state index >= 15 is 0 Å². The van der Waals surface area contributed by atoms with Gasteiger partial charge in [0.2, 0.25) is 0 Å². The molecule has 1 saturated carbocycles. The first kappa shape index (κ1) is 23.6. The second kappa shape index (κ2) is 10.8. The smallest absolute Gasteiger partial charge is 0.267 e. The van der Waals surface area contributed by atoms with Crippen LogP contribution < -0.4 is 16.5 Å². The molecule has 1 aromatic rings. The van der Waals surface area contributed by atoms with Crippen LogP contribution in [0.25, 0.3) is 0 Å². The van der Waals surface area contributed by atoms with Gasteiger partial charge in [0, 0.05) is 29.2 Å². The van der Waals surface area contributed by atoms with Crippen LogP contribution in [0.4, 0.5) is 0 Å². The maximum Gasteiger partial charge on any atom is 0.267 e. The number of hydrogen-bond acceptors (Lipinski definition) is 5. The normalized spacial score (nSPS) is 14.1. The van der Waals surface area contributed by atoms with Gasteiger partial charge >= 0.3 is 0 Å². The summed E-state index contributed by atoms with van der Waals surface area (Å²) >= 11 is 0. The van der Waals surface area contributed by atoms with E-state index in [0.717, 1.165) is 5.56 Å². The number of nitrogens with one attached hydrogen (secondary N) is 2. The molecule has 1 fully saturated rings. The SMILES string of the molecule is CC(C)C#Cc1ccc(C(=O)NC(C(=O)NO)C(C)(C)N)cc1.OCC1CC1. The largest absolute Gasteiger partial charge is 0.396 e. The highest BCUT2D eigenvalue weighted by Crippen LogP contribution is 2.27. The van der Waals surface area contributed by atoms with Gasteiger partial charge < -0.3 is 16.2 Å². The molecule has 7 heteroatoms. The fraction of sp³-hybridized carbons (Fsp3) is 0.524. The van der Waals surface area contributed by atoms with Crippen molar-refractivity contribution in [3.63, 3.8) is 0 Å². The lowest BCUT2D eigenvalue weighted by atomic mass is 9.95. The Hall–Kier alpha value is -2.40. The van der Waals surface area contributed by atoms with E-state index < -0.39 is 23.4 Å². The van der Waals surface area contributed by atoms with Crippen LogP contribution in [0.5, 0.6) is 0 Å². The Kier molecular flexibility index (Phi) is 9.13. The van der Waals surface area contributed by atoms with E-state index in [0.29, 0.717) is 18.1 Å². The van der Waals surface area contributed by atoms with Crippen LogP contribution in [0, 0.1) is 23.7 Å². The van der Waals surface area contributed by atoms with Crippen molar-refractivity contribution in [2.24, 2.45) is 17.6 Å². The fourth-order valence-corrected chi connectivity index (χ4v) is 2.10. The van der Waals surface area contributed by atoms with Crippen LogP contribution in [0.1, 0.15) is 56.5 Å². The Balaban J connectivity index is 0.000000674. The summed E-state index contributed by atoms with van der Waals surface area (Å²) in [4.78, 5) is 23.9. The van der Waals surface area contributed by atoms with E-state index in [-0.39, 0.29) is 5.92 Å². The molecule has 2 amide bonds. The molecular formula is C21H31N3O4. The number of rotatable bonds is 5. The molecule has 0 saturated heterocycles. The van der Waals surface area contributed by atoms with Crippen molar-refractivity contribution < 1.29 is 19.9 Å². The molecule has 0 aromatic heterocycles. The van der Waals surface area contributed by atoms with Crippen LogP contribution in [-0.4, -0.2) is 40.3 Å². The third-order valence-electron chi connectivity index (χ3n) is 4.00. The highest BCUT2D eigenvalue weighted by molar-refractivity contribution is 5.97. The second-order valence-electron chi connectivity index (χ2n) is 7.83. The molecule has 7 nitrogen and oxygen atoms in total. The highest BCUT2D eigenvalue weighted by Gasteiger charge is 2.33. The van der Waals surface area contributed by atoms with Gasteiger partial charge in [0.05, 0.1) is 0 Å². The molecule has 1 atom stereocenters. The standard InChI is InChI=1S/C17H23N3O3.C4H8O/c1-11(2)5-6-12-7-9-13(10-8-12)15(21)19-14(16(22)20-23)17(3,4)18;5-3-4-1-2-4/h7-11,14,23H,18H2,1-4H3,(H,19,21)(H,20,22);4-5H,1-3H2. The van der Waals surface area contributed by atoms with E-state index in [1.165, 1.54) is 18.3 Å². The Morgan fingerprint density at radius 2 is 1.82 bits per heavy atom. The van der Waals surface area contributed by atoms with Crippen molar-refractivity contribution in [3.8, 4) is 11.8 Å². The van der Waals surface area contributed by atoms with Crippen molar-refractivity contribution in [3.05, 3.63) is 35.4 Å². The molecule has 154 valence electrons. The number of amides is 2. The molecule has 1 unspecified atom stereocenters. The lowest BCUT2D eigenvalue weighted by Gasteiger charge is -2.29. The molecule has 1 aliphatic carbocycles. The van der Waals surface area contributed by atoms with Crippen molar-refractivity contribution in [2.45, 2.75) is 52.1 Å². The monoisotopic (exact) mass is 389 g/mol. The number of hydrogen-bond donors (Lipinski definition) is 5. The van der Waals surface area contributed by atoms with E-state index in [9.17, 15) is 9.59 Å². The average Bonchev–Trinajstić information content (AvgIpc) is 3.48. The Labute approximate surface area is 166 Å². The molecule has 0 spiro atoms. The van der Waals surface area contributed by atoms with Crippen LogP contribution >= 0.6 is 0 Å². The minimum Gasteiger partial charge on any atom is -0.396 e. The molecule has 0 radical (unpaired) electrons. The topological polar surface area (TPSA) is 125 Å². The van der Waals surface area contributed by atoms with E-state index in [2.05, 4.69) is 17.2 Å². The quantitative estimate of drug-likeness (QED) is 0.296. The minimum atomic E-state index is -1.07. The third-order valence-corrected chi connectivity index (χ3v) is 4.00. The molecule has 28 heavy (non-hydrogen) atoms. The highest BCUT2D eigenvalue weighted by atomic mass is 16.5. The molecule has 0 heterocycles. The zero-order chi connectivity index (χ0) is 21.3. The Morgan fingerprint density at radius 1 is 1.25 bits per heavy atom. The number of carbonyl (C=O) groups is 2. The number of aliphatic hydroxyl groups excluding tert-OH is 1. The van der Waals surface area contributed by atoms with Gasteiger partial charge in [-0.05, 0) is 56.9 Å². The summed E-state index contributed by atoms with van der Waals surface area (Å²) in [7, 11) is 0. The van der Waals surface area contributed by atoms with Gasteiger partial charge in [-0.3, -0.25) is 14.8 Å². The predicted octanol–water partition coefficient (Wildman–Crippen LogP) is 1.42. The van der Waals surface area contributed by atoms with Crippen LogP contribution in [0.2, 0.25) is 0 Å². The summed E-state index contributed by atoms with van der Waals surface area (Å²) in [6, 6.07) is 5.65. The van der Waals surface area contributed by atoms with Crippen molar-refractivity contribution >= 4 is 11.8 Å². The molecule has 0 bridgehead atoms. The van der Waals surface area contributed by atoms with Gasteiger partial charge in [0.25, 0.3) is 11.8 Å². The van der Waals surface area contributed by atoms with Gasteiger partial charge in [0.1, 0.15) is 6.04 Å². The summed E-state index contributed by atoms with van der Waals surface area (Å²) in [6.45, 7) is 7.57. The van der Waals surface area contributed by atoms with Gasteiger partial charge in [-0.2, -0.15) is 0 Å². The zero-order valence-corrected chi connectivity index (χ0v) is 17.0. The van der Waals surface area contributed by atoms with Crippen LogP contribution in [-0.2, 0) is 4.79 Å². The Bertz CT molecular complexity index is 708. The summed E-state index contributed by atoms with van der Waals surface area (Å²) in [6.07, 6.45) is 2.52. The third kappa shape index (κ3) is 8.53. The van der Waals surface area contributed by atoms with Gasteiger partial charge in [-0.1, -0.05) is 25.7 Å². The number of nitrogens with two attached hydrogens (primary N) is 1. The van der Waals surface area contributed by atoms with Crippen molar-refractivity contribution in [2.75, 3.05) is 6.61 Å². The van der Waals surface area contributed by atoms with Crippen molar-refractivity contribution in [1.82, 2.24) is 10.8 Å². The van der Waals surface area contributed by atoms with Gasteiger partial charge in [-0.25, -0.2) is 5.48 Å². The lowest BCUT2D eigenvalue weighted by Crippen LogP contribution is -2.61. The first-order valence-corrected chi connectivity index (χ1v) is 9.34. The zero-order valence-electron chi connectivity index (χ0n) is 17.0. The van der Waals surface area contributed by atoms with E-state index in [1.807, 2.05) is 13.8 Å². The lowest BCUT2D eigenvalue weighted by molar-refractivity contribution is -0.132. The molecule has 6 N–H and O–H groups in total. The molecule has 1 aliphatic rings. The Morgan fingerprint density at radius 3 is 2.18 bits per heavy atom. The number of hydroxylamine groups is 1. The predicted molar refractivity (Wildman–Crippen MR) is 107 cm³/mol. The van der Waals surface area contributed by atoms with Crippen LogP contribution in [0.15, 0.2) is 24.3 Å². The second-order valence-corrected chi connectivity index (χ2v) is 7.83. The summed E-state index contributed by atoms with van der Waals surface area (Å²) in [5.74, 6) is 5.77. The number of carbonyl (C=O) groups excluding carboxylic acids is 2. The molecule has 1 aromatic carbocycles. The molecule has 0 aliphatic heterocycles. The summed E-state index contributed by atoms with van der Waals surface area (Å²) < 4.78 is 0.